The van der Waals surface area contributed by atoms with Crippen molar-refractivity contribution in [3.05, 3.63) is 42.5 Å². The van der Waals surface area contributed by atoms with Gasteiger partial charge in [-0.25, -0.2) is 4.79 Å². The maximum atomic E-state index is 12.5. The van der Waals surface area contributed by atoms with Gasteiger partial charge in [0, 0.05) is 25.9 Å². The normalized spacial score (nSPS) is 16.3. The number of fused-ring (bicyclic) bond motifs is 1. The van der Waals surface area contributed by atoms with E-state index in [0.717, 1.165) is 15.7 Å². The molecule has 3 rings (SSSR count). The maximum absolute atomic E-state index is 12.5. The third kappa shape index (κ3) is 5.24. The van der Waals surface area contributed by atoms with Crippen molar-refractivity contribution in [1.29, 1.82) is 0 Å². The van der Waals surface area contributed by atoms with Crippen LogP contribution < -0.4 is 4.74 Å². The first-order valence-electron chi connectivity index (χ1n) is 8.78. The number of nitrogens with zero attached hydrogens (tertiary/aromatic N) is 1. The first-order chi connectivity index (χ1) is 13.5. The van der Waals surface area contributed by atoms with Gasteiger partial charge in [0.25, 0.3) is 6.10 Å². The summed E-state index contributed by atoms with van der Waals surface area (Å²) in [7, 11) is 0. The first kappa shape index (κ1) is 21.1. The standard InChI is InChI=1S/C19H17F6NO3/c20-18(21,22)16(19(23,24)25)29-17(27)26-9-7-14(8-10-26)28-15-6-5-12-3-1-2-4-13(12)11-15/h1-6,11,14,16H,7-10H2. The summed E-state index contributed by atoms with van der Waals surface area (Å²) in [6.45, 7) is -0.140. The number of halogens is 6. The summed E-state index contributed by atoms with van der Waals surface area (Å²) in [5.41, 5.74) is 0. The topological polar surface area (TPSA) is 38.8 Å². The number of hydrogen-bond acceptors (Lipinski definition) is 3. The summed E-state index contributed by atoms with van der Waals surface area (Å²) >= 11 is 0. The van der Waals surface area contributed by atoms with E-state index in [1.807, 2.05) is 36.4 Å². The van der Waals surface area contributed by atoms with Crippen LogP contribution in [0.4, 0.5) is 31.1 Å². The van der Waals surface area contributed by atoms with Crippen molar-refractivity contribution in [3.8, 4) is 5.75 Å². The molecular weight excluding hydrogens is 404 g/mol. The van der Waals surface area contributed by atoms with Crippen molar-refractivity contribution >= 4 is 16.9 Å². The van der Waals surface area contributed by atoms with E-state index in [2.05, 4.69) is 4.74 Å². The van der Waals surface area contributed by atoms with Crippen LogP contribution in [-0.2, 0) is 4.74 Å². The average molecular weight is 421 g/mol. The highest BCUT2D eigenvalue weighted by molar-refractivity contribution is 5.83. The molecule has 1 fully saturated rings. The van der Waals surface area contributed by atoms with Crippen LogP contribution >= 0.6 is 0 Å². The molecule has 0 atom stereocenters. The van der Waals surface area contributed by atoms with Gasteiger partial charge >= 0.3 is 18.4 Å². The fourth-order valence-electron chi connectivity index (χ4n) is 3.08. The highest BCUT2D eigenvalue weighted by atomic mass is 19.4. The fraction of sp³-hybridized carbons (Fsp3) is 0.421. The number of rotatable bonds is 3. The van der Waals surface area contributed by atoms with E-state index < -0.39 is 24.5 Å². The molecule has 4 nitrogen and oxygen atoms in total. The van der Waals surface area contributed by atoms with Crippen LogP contribution in [-0.4, -0.2) is 48.6 Å². The molecule has 0 aromatic heterocycles. The summed E-state index contributed by atoms with van der Waals surface area (Å²) in [5.74, 6) is 0.596. The molecule has 0 aliphatic carbocycles. The number of hydrogen-bond donors (Lipinski definition) is 0. The lowest BCUT2D eigenvalue weighted by Gasteiger charge is -2.33. The summed E-state index contributed by atoms with van der Waals surface area (Å²) in [6.07, 6.45) is -17.1. The zero-order chi connectivity index (χ0) is 21.2. The molecular formula is C19H17F6NO3. The van der Waals surface area contributed by atoms with Crippen molar-refractivity contribution in [2.75, 3.05) is 13.1 Å². The molecule has 1 heterocycles. The van der Waals surface area contributed by atoms with Gasteiger partial charge in [-0.3, -0.25) is 0 Å². The minimum absolute atomic E-state index is 0.0699. The predicted molar refractivity (Wildman–Crippen MR) is 91.6 cm³/mol. The lowest BCUT2D eigenvalue weighted by atomic mass is 10.1. The molecule has 0 unspecified atom stereocenters. The number of piperidine rings is 1. The molecule has 29 heavy (non-hydrogen) atoms. The Morgan fingerprint density at radius 1 is 0.931 bits per heavy atom. The second-order valence-corrected chi connectivity index (χ2v) is 6.66. The lowest BCUT2D eigenvalue weighted by Crippen LogP contribution is -2.50. The number of carbonyl (C=O) groups excluding carboxylic acids is 1. The summed E-state index contributed by atoms with van der Waals surface area (Å²) in [4.78, 5) is 12.6. The van der Waals surface area contributed by atoms with E-state index in [4.69, 9.17) is 4.74 Å². The number of benzene rings is 2. The van der Waals surface area contributed by atoms with Crippen molar-refractivity contribution in [1.82, 2.24) is 4.90 Å². The van der Waals surface area contributed by atoms with Gasteiger partial charge in [-0.05, 0) is 22.9 Å². The van der Waals surface area contributed by atoms with Gasteiger partial charge in [0.2, 0.25) is 0 Å². The number of amides is 1. The zero-order valence-electron chi connectivity index (χ0n) is 15.0. The van der Waals surface area contributed by atoms with Gasteiger partial charge < -0.3 is 14.4 Å². The summed E-state index contributed by atoms with van der Waals surface area (Å²) in [6, 6.07) is 13.1. The van der Waals surface area contributed by atoms with Crippen LogP contribution in [0.2, 0.25) is 0 Å². The minimum atomic E-state index is -5.73. The monoisotopic (exact) mass is 421 g/mol. The molecule has 10 heteroatoms. The number of carbonyl (C=O) groups is 1. The Labute approximate surface area is 162 Å². The smallest absolute Gasteiger partial charge is 0.434 e. The van der Waals surface area contributed by atoms with E-state index in [9.17, 15) is 31.1 Å². The van der Waals surface area contributed by atoms with Gasteiger partial charge in [-0.2, -0.15) is 26.3 Å². The van der Waals surface area contributed by atoms with E-state index in [1.54, 1.807) is 6.07 Å². The SMILES string of the molecule is O=C(OC(C(F)(F)F)C(F)(F)F)N1CCC(Oc2ccc3ccccc3c2)CC1. The number of ether oxygens (including phenoxy) is 2. The average Bonchev–Trinajstić information content (AvgIpc) is 2.64. The van der Waals surface area contributed by atoms with Crippen LogP contribution in [0.25, 0.3) is 10.8 Å². The third-order valence-electron chi connectivity index (χ3n) is 4.54. The molecule has 0 bridgehead atoms. The zero-order valence-corrected chi connectivity index (χ0v) is 15.0. The molecule has 158 valence electrons. The Bertz CT molecular complexity index is 845. The van der Waals surface area contributed by atoms with Crippen LogP contribution in [0.3, 0.4) is 0 Å². The third-order valence-corrected chi connectivity index (χ3v) is 4.54. The highest BCUT2D eigenvalue weighted by Crippen LogP contribution is 2.36. The highest BCUT2D eigenvalue weighted by Gasteiger charge is 2.60. The minimum Gasteiger partial charge on any atom is -0.490 e. The van der Waals surface area contributed by atoms with E-state index in [0.29, 0.717) is 5.75 Å². The fourth-order valence-corrected chi connectivity index (χ4v) is 3.08. The molecule has 1 aliphatic heterocycles. The Kier molecular flexibility index (Phi) is 5.81. The largest absolute Gasteiger partial charge is 0.490 e. The van der Waals surface area contributed by atoms with Crippen LogP contribution in [0, 0.1) is 0 Å². The molecule has 0 N–H and O–H groups in total. The van der Waals surface area contributed by atoms with Crippen LogP contribution in [0.1, 0.15) is 12.8 Å². The Hall–Kier alpha value is -2.65. The van der Waals surface area contributed by atoms with Crippen molar-refractivity contribution < 1.29 is 40.6 Å². The summed E-state index contributed by atoms with van der Waals surface area (Å²) in [5, 5.41) is 2.00. The Balaban J connectivity index is 1.56. The van der Waals surface area contributed by atoms with E-state index >= 15 is 0 Å². The molecule has 2 aromatic carbocycles. The van der Waals surface area contributed by atoms with Gasteiger partial charge in [0.1, 0.15) is 11.9 Å². The van der Waals surface area contributed by atoms with Crippen molar-refractivity contribution in [3.63, 3.8) is 0 Å². The van der Waals surface area contributed by atoms with Crippen LogP contribution in [0.5, 0.6) is 5.75 Å². The van der Waals surface area contributed by atoms with Crippen LogP contribution in [0.15, 0.2) is 42.5 Å². The molecule has 1 saturated heterocycles. The molecule has 1 amide bonds. The van der Waals surface area contributed by atoms with Gasteiger partial charge in [0.05, 0.1) is 0 Å². The molecule has 1 aliphatic rings. The second-order valence-electron chi connectivity index (χ2n) is 6.66. The quantitative estimate of drug-likeness (QED) is 0.631. The number of alkyl halides is 6. The predicted octanol–water partition coefficient (Wildman–Crippen LogP) is 5.31. The number of likely N-dealkylation sites (tertiary alicyclic amines) is 1. The first-order valence-corrected chi connectivity index (χ1v) is 8.78. The van der Waals surface area contributed by atoms with Gasteiger partial charge in [-0.1, -0.05) is 30.3 Å². The molecule has 0 radical (unpaired) electrons. The second kappa shape index (κ2) is 8.00. The van der Waals surface area contributed by atoms with Crippen molar-refractivity contribution in [2.45, 2.75) is 37.4 Å². The maximum Gasteiger partial charge on any atom is 0.434 e. The molecule has 0 spiro atoms. The van der Waals surface area contributed by atoms with Gasteiger partial charge in [0.15, 0.2) is 0 Å². The Morgan fingerprint density at radius 3 is 2.10 bits per heavy atom. The van der Waals surface area contributed by atoms with E-state index in [-0.39, 0.29) is 32.0 Å². The summed E-state index contributed by atoms with van der Waals surface area (Å²) < 4.78 is 84.7. The van der Waals surface area contributed by atoms with Gasteiger partial charge in [-0.15, -0.1) is 0 Å². The van der Waals surface area contributed by atoms with E-state index in [1.165, 1.54) is 0 Å². The molecule has 2 aromatic rings. The molecule has 0 saturated carbocycles. The lowest BCUT2D eigenvalue weighted by molar-refractivity contribution is -0.308. The van der Waals surface area contributed by atoms with Crippen molar-refractivity contribution in [2.24, 2.45) is 0 Å². The Morgan fingerprint density at radius 2 is 1.52 bits per heavy atom.